The van der Waals surface area contributed by atoms with Gasteiger partial charge in [0.15, 0.2) is 23.1 Å². The molecule has 38 heavy (non-hydrogen) atoms. The lowest BCUT2D eigenvalue weighted by atomic mass is 9.70. The summed E-state index contributed by atoms with van der Waals surface area (Å²) >= 11 is 0. The number of piperidine rings is 1. The summed E-state index contributed by atoms with van der Waals surface area (Å²) in [6.45, 7) is 1.85. The average molecular weight is 526 g/mol. The molecule has 13 heteroatoms. The van der Waals surface area contributed by atoms with Gasteiger partial charge in [0.25, 0.3) is 5.91 Å². The molecule has 1 unspecified atom stereocenters. The van der Waals surface area contributed by atoms with Crippen LogP contribution in [-0.2, 0) is 34.0 Å². The van der Waals surface area contributed by atoms with E-state index in [-0.39, 0.29) is 55.4 Å². The second kappa shape index (κ2) is 9.80. The number of imide groups is 1. The third-order valence-corrected chi connectivity index (χ3v) is 7.64. The molecule has 0 aromatic heterocycles. The SMILES string of the molecule is BC1(N2Cc3c(NCc4c(O)c(O)c(CN5CCOCC5)c(O)c4F)cccc3C2=O)CCC(=O)NC1=O. The van der Waals surface area contributed by atoms with Crippen molar-refractivity contribution in [2.75, 3.05) is 31.6 Å². The number of nitrogens with zero attached hydrogens (tertiary/aromatic N) is 2. The first-order chi connectivity index (χ1) is 18.1. The van der Waals surface area contributed by atoms with Crippen LogP contribution in [0.5, 0.6) is 17.2 Å². The normalized spacial score (nSPS) is 21.9. The van der Waals surface area contributed by atoms with Crippen LogP contribution in [0.2, 0.25) is 0 Å². The van der Waals surface area contributed by atoms with Crippen molar-refractivity contribution in [2.45, 2.75) is 37.9 Å². The molecular weight excluding hydrogens is 498 g/mol. The molecule has 3 aliphatic heterocycles. The van der Waals surface area contributed by atoms with E-state index in [0.717, 1.165) is 0 Å². The van der Waals surface area contributed by atoms with E-state index in [1.54, 1.807) is 26.0 Å². The largest absolute Gasteiger partial charge is 0.504 e. The number of halogens is 1. The molecule has 0 spiro atoms. The smallest absolute Gasteiger partial charge is 0.254 e. The Morgan fingerprint density at radius 3 is 2.50 bits per heavy atom. The number of aromatic hydroxyl groups is 3. The highest BCUT2D eigenvalue weighted by molar-refractivity contribution is 6.32. The monoisotopic (exact) mass is 526 g/mol. The third-order valence-electron chi connectivity index (χ3n) is 7.64. The molecule has 5 N–H and O–H groups in total. The highest BCUT2D eigenvalue weighted by Crippen LogP contribution is 2.43. The van der Waals surface area contributed by atoms with Gasteiger partial charge in [-0.25, -0.2) is 4.39 Å². The Morgan fingerprint density at radius 1 is 1.08 bits per heavy atom. The third kappa shape index (κ3) is 4.31. The van der Waals surface area contributed by atoms with E-state index in [1.165, 1.54) is 4.90 Å². The van der Waals surface area contributed by atoms with Gasteiger partial charge < -0.3 is 30.3 Å². The predicted molar refractivity (Wildman–Crippen MR) is 135 cm³/mol. The molecule has 2 saturated heterocycles. The lowest BCUT2D eigenvalue weighted by Gasteiger charge is -2.40. The van der Waals surface area contributed by atoms with E-state index in [2.05, 4.69) is 10.6 Å². The number of carbonyl (C=O) groups excluding carboxylic acids is 3. The van der Waals surface area contributed by atoms with Crippen molar-refractivity contribution in [3.05, 3.63) is 46.3 Å². The van der Waals surface area contributed by atoms with Crippen molar-refractivity contribution >= 4 is 31.3 Å². The van der Waals surface area contributed by atoms with Crippen LogP contribution in [0.3, 0.4) is 0 Å². The summed E-state index contributed by atoms with van der Waals surface area (Å²) in [5.74, 6) is -4.38. The Balaban J connectivity index is 1.37. The molecule has 2 fully saturated rings. The van der Waals surface area contributed by atoms with Crippen molar-refractivity contribution in [1.82, 2.24) is 15.1 Å². The van der Waals surface area contributed by atoms with Crippen molar-refractivity contribution in [1.29, 1.82) is 0 Å². The van der Waals surface area contributed by atoms with Crippen LogP contribution >= 0.6 is 0 Å². The average Bonchev–Trinajstić information content (AvgIpc) is 3.26. The minimum atomic E-state index is -1.21. The van der Waals surface area contributed by atoms with E-state index in [4.69, 9.17) is 4.74 Å². The maximum Gasteiger partial charge on any atom is 0.254 e. The number of rotatable bonds is 6. The Kier molecular flexibility index (Phi) is 6.65. The van der Waals surface area contributed by atoms with Crippen LogP contribution in [0.15, 0.2) is 18.2 Å². The number of hydrogen-bond donors (Lipinski definition) is 5. The van der Waals surface area contributed by atoms with Crippen LogP contribution < -0.4 is 10.6 Å². The summed E-state index contributed by atoms with van der Waals surface area (Å²) in [5, 5.41) is 37.0. The lowest BCUT2D eigenvalue weighted by molar-refractivity contribution is -0.138. The predicted octanol–water partition coefficient (Wildman–Crippen LogP) is 0.109. The van der Waals surface area contributed by atoms with Gasteiger partial charge >= 0.3 is 0 Å². The van der Waals surface area contributed by atoms with E-state index in [9.17, 15) is 29.7 Å². The molecule has 3 amide bonds. The van der Waals surface area contributed by atoms with Crippen LogP contribution in [0.1, 0.15) is 39.9 Å². The number of ether oxygens (including phenoxy) is 1. The van der Waals surface area contributed by atoms with Crippen LogP contribution in [-0.4, -0.2) is 82.4 Å². The Labute approximate surface area is 218 Å². The summed E-state index contributed by atoms with van der Waals surface area (Å²) in [7, 11) is 1.61. The number of benzene rings is 2. The van der Waals surface area contributed by atoms with Gasteiger partial charge in [-0.15, -0.1) is 0 Å². The minimum Gasteiger partial charge on any atom is -0.504 e. The molecule has 200 valence electrons. The van der Waals surface area contributed by atoms with Gasteiger partial charge in [0.05, 0.1) is 29.8 Å². The van der Waals surface area contributed by atoms with E-state index in [1.807, 2.05) is 4.90 Å². The summed E-state index contributed by atoms with van der Waals surface area (Å²) < 4.78 is 20.5. The summed E-state index contributed by atoms with van der Waals surface area (Å²) in [5.41, 5.74) is -0.256. The first-order valence-electron chi connectivity index (χ1n) is 12.4. The molecule has 0 saturated carbocycles. The zero-order valence-electron chi connectivity index (χ0n) is 20.8. The molecule has 1 atom stereocenters. The van der Waals surface area contributed by atoms with Crippen molar-refractivity contribution in [3.8, 4) is 17.2 Å². The molecule has 0 aliphatic carbocycles. The number of carbonyl (C=O) groups is 3. The van der Waals surface area contributed by atoms with Gasteiger partial charge in [-0.2, -0.15) is 0 Å². The van der Waals surface area contributed by atoms with E-state index >= 15 is 4.39 Å². The van der Waals surface area contributed by atoms with E-state index in [0.29, 0.717) is 43.1 Å². The first kappa shape index (κ1) is 25.8. The number of morpholine rings is 1. The fourth-order valence-corrected chi connectivity index (χ4v) is 5.20. The minimum absolute atomic E-state index is 0.0430. The number of phenolic OH excluding ortho intramolecular Hbond substituents is 3. The maximum absolute atomic E-state index is 15.2. The fourth-order valence-electron chi connectivity index (χ4n) is 5.20. The molecule has 5 rings (SSSR count). The Bertz CT molecular complexity index is 1300. The summed E-state index contributed by atoms with van der Waals surface area (Å²) in [4.78, 5) is 40.8. The lowest BCUT2D eigenvalue weighted by Crippen LogP contribution is -2.63. The quantitative estimate of drug-likeness (QED) is 0.153. The molecule has 0 bridgehead atoms. The molecule has 11 nitrogen and oxygen atoms in total. The van der Waals surface area contributed by atoms with Gasteiger partial charge in [-0.1, -0.05) is 6.07 Å². The summed E-state index contributed by atoms with van der Waals surface area (Å²) in [6.07, 6.45) is 0.301. The van der Waals surface area contributed by atoms with Gasteiger partial charge in [-0.3, -0.25) is 24.6 Å². The first-order valence-corrected chi connectivity index (χ1v) is 12.4. The molecule has 3 heterocycles. The van der Waals surface area contributed by atoms with Gasteiger partial charge in [-0.05, 0) is 18.6 Å². The van der Waals surface area contributed by atoms with Crippen LogP contribution in [0.25, 0.3) is 0 Å². The van der Waals surface area contributed by atoms with Crippen molar-refractivity contribution in [3.63, 3.8) is 0 Å². The number of amides is 3. The number of hydrogen-bond acceptors (Lipinski definition) is 9. The highest BCUT2D eigenvalue weighted by atomic mass is 19.1. The standard InChI is InChI=1S/C25H28BFN4O7/c26-25(5-4-18(32)29-24(25)37)31-12-15-13(23(31)36)2-1-3-17(15)28-10-14-19(27)20(33)16(22(35)21(14)34)11-30-6-8-38-9-7-30/h1-3,28,33-35H,4-12,26H2,(H,29,32,37). The van der Waals surface area contributed by atoms with Gasteiger partial charge in [0, 0.05) is 56.0 Å². The Morgan fingerprint density at radius 2 is 1.79 bits per heavy atom. The van der Waals surface area contributed by atoms with Gasteiger partial charge in [0.2, 0.25) is 11.8 Å². The second-order valence-corrected chi connectivity index (χ2v) is 9.93. The number of anilines is 1. The van der Waals surface area contributed by atoms with Crippen LogP contribution in [0.4, 0.5) is 10.1 Å². The van der Waals surface area contributed by atoms with Crippen molar-refractivity contribution < 1.29 is 38.8 Å². The second-order valence-electron chi connectivity index (χ2n) is 9.93. The Hall–Kier alpha value is -3.84. The fraction of sp³-hybridized carbons (Fsp3) is 0.400. The number of nitrogens with one attached hydrogen (secondary N) is 2. The zero-order chi connectivity index (χ0) is 27.2. The topological polar surface area (TPSA) is 152 Å². The molecule has 0 radical (unpaired) electrons. The van der Waals surface area contributed by atoms with Gasteiger partial charge in [0.1, 0.15) is 7.85 Å². The molecule has 2 aromatic rings. The maximum atomic E-state index is 15.2. The number of fused-ring (bicyclic) bond motifs is 1. The number of phenols is 3. The van der Waals surface area contributed by atoms with Crippen molar-refractivity contribution in [2.24, 2.45) is 0 Å². The summed E-state index contributed by atoms with van der Waals surface area (Å²) in [6, 6.07) is 4.92. The molecule has 2 aromatic carbocycles. The van der Waals surface area contributed by atoms with Crippen LogP contribution in [0, 0.1) is 5.82 Å². The highest BCUT2D eigenvalue weighted by Gasteiger charge is 2.48. The molecular formula is C25H28BFN4O7. The molecule has 3 aliphatic rings. The zero-order valence-corrected chi connectivity index (χ0v) is 20.8. The van der Waals surface area contributed by atoms with E-state index < -0.39 is 34.4 Å².